The van der Waals surface area contributed by atoms with Gasteiger partial charge in [0.25, 0.3) is 0 Å². The van der Waals surface area contributed by atoms with Crippen LogP contribution in [-0.2, 0) is 6.42 Å². The van der Waals surface area contributed by atoms with Crippen molar-refractivity contribution in [3.05, 3.63) is 230 Å². The number of rotatable bonds is 7. The maximum Gasteiger partial charge on any atom is 0.135 e. The zero-order valence-electron chi connectivity index (χ0n) is 35.0. The molecule has 0 fully saturated rings. The number of para-hydroxylation sites is 5. The van der Waals surface area contributed by atoms with Gasteiger partial charge >= 0.3 is 0 Å². The standard InChI is InChI=1S/C60H41N3O/c1-4-17-43(18-5-1)61(44-19-6-2-7-20-44)47-36-41(35-42(37-47)48-26-16-30-59-60(48)52-25-12-15-29-58(52)64-59)40-31-33-51-49-23-10-13-27-54(49)63(57(51)38-40)46-32-34-56-53(39-46)50-24-11-14-28-55(50)62(56)45-21-8-3-9-22-45/h1-11,13-24,26-39H,12,25H2. The van der Waals surface area contributed by atoms with E-state index in [9.17, 15) is 0 Å². The Morgan fingerprint density at radius 2 is 1.03 bits per heavy atom. The normalized spacial score (nSPS) is 12.5. The minimum Gasteiger partial charge on any atom is -0.456 e. The van der Waals surface area contributed by atoms with Crippen LogP contribution >= 0.6 is 0 Å². The highest BCUT2D eigenvalue weighted by Gasteiger charge is 2.22. The van der Waals surface area contributed by atoms with Crippen LogP contribution in [0.2, 0.25) is 0 Å². The van der Waals surface area contributed by atoms with Gasteiger partial charge < -0.3 is 18.5 Å². The van der Waals surface area contributed by atoms with Gasteiger partial charge in [-0.2, -0.15) is 0 Å². The van der Waals surface area contributed by atoms with E-state index in [1.54, 1.807) is 0 Å². The monoisotopic (exact) mass is 819 g/mol. The summed E-state index contributed by atoms with van der Waals surface area (Å²) >= 11 is 0. The molecule has 0 saturated heterocycles. The Balaban J connectivity index is 1.05. The zero-order valence-corrected chi connectivity index (χ0v) is 35.0. The molecule has 1 aliphatic rings. The molecule has 302 valence electrons. The van der Waals surface area contributed by atoms with E-state index in [-0.39, 0.29) is 0 Å². The van der Waals surface area contributed by atoms with Gasteiger partial charge in [0.15, 0.2) is 0 Å². The quantitative estimate of drug-likeness (QED) is 0.160. The summed E-state index contributed by atoms with van der Waals surface area (Å²) < 4.78 is 11.3. The minimum absolute atomic E-state index is 0.929. The summed E-state index contributed by atoms with van der Waals surface area (Å²) in [7, 11) is 0. The average molecular weight is 820 g/mol. The molecule has 0 N–H and O–H groups in total. The molecule has 0 spiro atoms. The Hall–Kier alpha value is -8.34. The molecular formula is C60H41N3O. The Morgan fingerprint density at radius 1 is 0.406 bits per heavy atom. The second kappa shape index (κ2) is 14.6. The third-order valence-corrected chi connectivity index (χ3v) is 13.1. The number of benzene rings is 9. The molecule has 3 heterocycles. The third-order valence-electron chi connectivity index (χ3n) is 13.1. The van der Waals surface area contributed by atoms with E-state index in [4.69, 9.17) is 4.42 Å². The van der Waals surface area contributed by atoms with Crippen molar-refractivity contribution in [2.24, 2.45) is 0 Å². The van der Waals surface area contributed by atoms with Crippen LogP contribution in [0.4, 0.5) is 17.1 Å². The van der Waals surface area contributed by atoms with E-state index in [0.717, 1.165) is 74.8 Å². The van der Waals surface area contributed by atoms with Crippen molar-refractivity contribution in [3.63, 3.8) is 0 Å². The molecule has 0 aliphatic heterocycles. The molecule has 64 heavy (non-hydrogen) atoms. The van der Waals surface area contributed by atoms with Crippen LogP contribution in [0.25, 0.3) is 94.3 Å². The molecule has 3 aromatic heterocycles. The lowest BCUT2D eigenvalue weighted by atomic mass is 9.92. The fourth-order valence-corrected chi connectivity index (χ4v) is 10.3. The zero-order chi connectivity index (χ0) is 42.1. The third kappa shape index (κ3) is 5.76. The molecule has 13 rings (SSSR count). The van der Waals surface area contributed by atoms with Crippen molar-refractivity contribution in [2.45, 2.75) is 12.8 Å². The topological polar surface area (TPSA) is 26.2 Å². The van der Waals surface area contributed by atoms with Crippen molar-refractivity contribution in [1.82, 2.24) is 9.13 Å². The summed E-state index contributed by atoms with van der Waals surface area (Å²) in [5.74, 6) is 0.973. The first-order valence-corrected chi connectivity index (χ1v) is 22.1. The molecule has 4 nitrogen and oxygen atoms in total. The highest BCUT2D eigenvalue weighted by molar-refractivity contribution is 6.13. The first-order chi connectivity index (χ1) is 31.7. The van der Waals surface area contributed by atoms with Crippen LogP contribution < -0.4 is 4.90 Å². The van der Waals surface area contributed by atoms with Gasteiger partial charge in [0, 0.05) is 60.9 Å². The molecule has 0 bridgehead atoms. The van der Waals surface area contributed by atoms with E-state index < -0.39 is 0 Å². The number of furan rings is 1. The fourth-order valence-electron chi connectivity index (χ4n) is 10.3. The number of aromatic nitrogens is 2. The molecule has 12 aromatic rings. The maximum absolute atomic E-state index is 6.49. The second-order valence-electron chi connectivity index (χ2n) is 16.8. The summed E-state index contributed by atoms with van der Waals surface area (Å²) in [4.78, 5) is 2.37. The van der Waals surface area contributed by atoms with Crippen molar-refractivity contribution in [1.29, 1.82) is 0 Å². The van der Waals surface area contributed by atoms with Gasteiger partial charge in [0.1, 0.15) is 11.3 Å². The van der Waals surface area contributed by atoms with Crippen molar-refractivity contribution in [3.8, 4) is 33.6 Å². The summed E-state index contributed by atoms with van der Waals surface area (Å²) in [5, 5.41) is 6.12. The number of aryl methyl sites for hydroxylation is 1. The number of anilines is 3. The molecule has 1 aliphatic carbocycles. The van der Waals surface area contributed by atoms with E-state index in [1.807, 2.05) is 0 Å². The molecule has 0 saturated carbocycles. The molecule has 4 heteroatoms. The largest absolute Gasteiger partial charge is 0.456 e. The van der Waals surface area contributed by atoms with E-state index in [0.29, 0.717) is 0 Å². The van der Waals surface area contributed by atoms with E-state index in [2.05, 4.69) is 239 Å². The lowest BCUT2D eigenvalue weighted by Gasteiger charge is -2.27. The van der Waals surface area contributed by atoms with Gasteiger partial charge in [0.2, 0.25) is 0 Å². The first-order valence-electron chi connectivity index (χ1n) is 22.1. The van der Waals surface area contributed by atoms with Crippen LogP contribution in [0.15, 0.2) is 223 Å². The summed E-state index contributed by atoms with van der Waals surface area (Å²) in [5.41, 5.74) is 17.1. The number of hydrogen-bond acceptors (Lipinski definition) is 2. The number of fused-ring (bicyclic) bond motifs is 9. The SMILES string of the molecule is C1=Cc2oc3cccc(-c4cc(-c5ccc6c7ccccc7n(-c7ccc8c(c7)c7ccccc7n8-c7ccccc7)c6c5)cc(N(c5ccccc5)c5ccccc5)c4)c3c2CC1. The smallest absolute Gasteiger partial charge is 0.135 e. The Bertz CT molecular complexity index is 3740. The summed E-state index contributed by atoms with van der Waals surface area (Å²) in [6.45, 7) is 0. The predicted octanol–water partition coefficient (Wildman–Crippen LogP) is 16.4. The predicted molar refractivity (Wildman–Crippen MR) is 268 cm³/mol. The Kier molecular flexibility index (Phi) is 8.31. The fraction of sp³-hybridized carbons (Fsp3) is 0.0333. The summed E-state index contributed by atoms with van der Waals surface area (Å²) in [6, 6.07) is 77.2. The first kappa shape index (κ1) is 36.3. The van der Waals surface area contributed by atoms with Gasteiger partial charge in [-0.05, 0) is 138 Å². The maximum atomic E-state index is 6.49. The van der Waals surface area contributed by atoms with Gasteiger partial charge in [-0.1, -0.05) is 121 Å². The Labute approximate surface area is 370 Å². The molecule has 0 unspecified atom stereocenters. The highest BCUT2D eigenvalue weighted by Crippen LogP contribution is 2.45. The van der Waals surface area contributed by atoms with Crippen LogP contribution in [-0.4, -0.2) is 9.13 Å². The van der Waals surface area contributed by atoms with Crippen LogP contribution in [0.1, 0.15) is 17.7 Å². The van der Waals surface area contributed by atoms with Crippen LogP contribution in [0.3, 0.4) is 0 Å². The number of nitrogens with zero attached hydrogens (tertiary/aromatic N) is 3. The highest BCUT2D eigenvalue weighted by atomic mass is 16.3. The summed E-state index contributed by atoms with van der Waals surface area (Å²) in [6.07, 6.45) is 6.33. The van der Waals surface area contributed by atoms with Crippen LogP contribution in [0, 0.1) is 0 Å². The van der Waals surface area contributed by atoms with E-state index in [1.165, 1.54) is 54.6 Å². The Morgan fingerprint density at radius 3 is 1.78 bits per heavy atom. The van der Waals surface area contributed by atoms with Crippen molar-refractivity contribution < 1.29 is 4.42 Å². The van der Waals surface area contributed by atoms with Crippen molar-refractivity contribution >= 4 is 77.7 Å². The van der Waals surface area contributed by atoms with Gasteiger partial charge in [0.05, 0.1) is 22.1 Å². The molecule has 0 radical (unpaired) electrons. The van der Waals surface area contributed by atoms with Gasteiger partial charge in [-0.25, -0.2) is 0 Å². The van der Waals surface area contributed by atoms with Crippen LogP contribution in [0.5, 0.6) is 0 Å². The lowest BCUT2D eigenvalue weighted by molar-refractivity contribution is 0.595. The number of hydrogen-bond donors (Lipinski definition) is 0. The minimum atomic E-state index is 0.929. The van der Waals surface area contributed by atoms with Gasteiger partial charge in [-0.15, -0.1) is 0 Å². The van der Waals surface area contributed by atoms with Crippen molar-refractivity contribution in [2.75, 3.05) is 4.90 Å². The second-order valence-corrected chi connectivity index (χ2v) is 16.8. The van der Waals surface area contributed by atoms with E-state index >= 15 is 0 Å². The van der Waals surface area contributed by atoms with Gasteiger partial charge in [-0.3, -0.25) is 0 Å². The molecular weight excluding hydrogens is 779 g/mol. The average Bonchev–Trinajstić information content (AvgIpc) is 4.02. The lowest BCUT2D eigenvalue weighted by Crippen LogP contribution is -2.10. The molecule has 0 amide bonds. The molecule has 0 atom stereocenters. The molecule has 9 aromatic carbocycles. The number of allylic oxidation sites excluding steroid dienone is 1.